The summed E-state index contributed by atoms with van der Waals surface area (Å²) in [7, 11) is 0. The Bertz CT molecular complexity index is 1160. The molecule has 0 fully saturated rings. The summed E-state index contributed by atoms with van der Waals surface area (Å²) < 4.78 is 0. The second kappa shape index (κ2) is 18.0. The highest BCUT2D eigenvalue weighted by molar-refractivity contribution is 5.94. The summed E-state index contributed by atoms with van der Waals surface area (Å²) in [6.45, 7) is 0.658. The summed E-state index contributed by atoms with van der Waals surface area (Å²) in [5.74, 6) is -3.25. The van der Waals surface area contributed by atoms with Crippen LogP contribution in [0.2, 0.25) is 0 Å². The zero-order valence-corrected chi connectivity index (χ0v) is 23.5. The number of nitrogens with two attached hydrogens (primary N) is 4. The normalized spacial score (nSPS) is 13.7. The van der Waals surface area contributed by atoms with E-state index in [1.54, 1.807) is 24.3 Å². The second-order valence-corrected chi connectivity index (χ2v) is 9.83. The van der Waals surface area contributed by atoms with Crippen LogP contribution in [0, 0.1) is 0 Å². The number of imidazole rings is 1. The maximum absolute atomic E-state index is 13.5. The molecule has 42 heavy (non-hydrogen) atoms. The van der Waals surface area contributed by atoms with Crippen LogP contribution in [0.25, 0.3) is 0 Å². The number of aliphatic carboxylic acids is 1. The molecular formula is C27H42N10O5. The highest BCUT2D eigenvalue weighted by atomic mass is 16.4. The number of hydrogen-bond donors (Lipinski definition) is 9. The number of nitrogens with zero attached hydrogens (tertiary/aromatic N) is 2. The predicted molar refractivity (Wildman–Crippen MR) is 157 cm³/mol. The molecule has 0 aliphatic carbocycles. The lowest BCUT2D eigenvalue weighted by Crippen LogP contribution is -2.57. The summed E-state index contributed by atoms with van der Waals surface area (Å²) in [4.78, 5) is 62.1. The van der Waals surface area contributed by atoms with E-state index in [0.29, 0.717) is 37.9 Å². The van der Waals surface area contributed by atoms with Crippen molar-refractivity contribution in [3.63, 3.8) is 0 Å². The number of unbranched alkanes of at least 4 members (excludes halogenated alkanes) is 1. The van der Waals surface area contributed by atoms with E-state index in [4.69, 9.17) is 22.9 Å². The number of aliphatic imine (C=N–C) groups is 1. The quantitative estimate of drug-likeness (QED) is 0.0508. The molecular weight excluding hydrogens is 544 g/mol. The standard InChI is InChI=1S/C27H42N10O5/c28-11-5-4-9-19(29)23(38)36-21(13-17-7-2-1-3-8-17)25(40)35-20(10-6-12-33-27(30)31)24(39)37-22(26(41)42)14-18-15-32-16-34-18/h1-3,7-8,15-16,19-22H,4-6,9-14,28-29H2,(H,32,34)(H,35,40)(H,36,38)(H,37,39)(H,41,42)(H4,30,31,33). The molecule has 0 bridgehead atoms. The van der Waals surface area contributed by atoms with Crippen LogP contribution >= 0.6 is 0 Å². The number of guanidine groups is 1. The van der Waals surface area contributed by atoms with E-state index >= 15 is 0 Å². The Hall–Kier alpha value is -4.50. The average Bonchev–Trinajstić information content (AvgIpc) is 3.47. The Morgan fingerprint density at radius 2 is 1.55 bits per heavy atom. The van der Waals surface area contributed by atoms with E-state index in [9.17, 15) is 24.3 Å². The Kier molecular flexibility index (Phi) is 14.5. The third-order valence-corrected chi connectivity index (χ3v) is 6.39. The van der Waals surface area contributed by atoms with Crippen molar-refractivity contribution >= 4 is 29.7 Å². The maximum atomic E-state index is 13.5. The average molecular weight is 587 g/mol. The van der Waals surface area contributed by atoms with Crippen LogP contribution in [0.1, 0.15) is 43.4 Å². The molecule has 3 amide bonds. The van der Waals surface area contributed by atoms with Crippen LogP contribution in [0.15, 0.2) is 47.8 Å². The molecule has 230 valence electrons. The number of carbonyl (C=O) groups excluding carboxylic acids is 3. The zero-order valence-electron chi connectivity index (χ0n) is 23.5. The molecule has 1 aromatic carbocycles. The molecule has 15 heteroatoms. The molecule has 2 aromatic rings. The number of nitrogens with one attached hydrogen (secondary N) is 4. The van der Waals surface area contributed by atoms with Gasteiger partial charge in [0.2, 0.25) is 17.7 Å². The molecule has 0 aliphatic rings. The summed E-state index contributed by atoms with van der Waals surface area (Å²) >= 11 is 0. The molecule has 1 heterocycles. The first-order valence-corrected chi connectivity index (χ1v) is 13.8. The number of carboxylic acid groups (broad SMARTS) is 1. The smallest absolute Gasteiger partial charge is 0.326 e. The van der Waals surface area contributed by atoms with Gasteiger partial charge in [0.25, 0.3) is 0 Å². The molecule has 1 aromatic heterocycles. The van der Waals surface area contributed by atoms with Gasteiger partial charge in [-0.1, -0.05) is 36.8 Å². The molecule has 0 radical (unpaired) electrons. The van der Waals surface area contributed by atoms with Gasteiger partial charge >= 0.3 is 5.97 Å². The minimum absolute atomic E-state index is 0.0511. The topological polar surface area (TPSA) is 270 Å². The largest absolute Gasteiger partial charge is 0.480 e. The summed E-state index contributed by atoms with van der Waals surface area (Å²) in [5, 5.41) is 17.6. The SMILES string of the molecule is NCCCCC(N)C(=O)NC(Cc1ccccc1)C(=O)NC(CCCN=C(N)N)C(=O)NC(Cc1cnc[nH]1)C(=O)O. The maximum Gasteiger partial charge on any atom is 0.326 e. The first kappa shape index (κ1) is 33.7. The number of carboxylic acids is 1. The number of amides is 3. The van der Waals surface area contributed by atoms with E-state index < -0.39 is 47.9 Å². The van der Waals surface area contributed by atoms with Crippen LogP contribution in [0.5, 0.6) is 0 Å². The molecule has 4 atom stereocenters. The summed E-state index contributed by atoms with van der Waals surface area (Å²) in [6, 6.07) is 4.69. The number of benzene rings is 1. The summed E-state index contributed by atoms with van der Waals surface area (Å²) in [5.41, 5.74) is 23.6. The fourth-order valence-corrected chi connectivity index (χ4v) is 4.11. The molecule has 15 nitrogen and oxygen atoms in total. The highest BCUT2D eigenvalue weighted by Gasteiger charge is 2.30. The van der Waals surface area contributed by atoms with Crippen LogP contribution in [0.4, 0.5) is 0 Å². The molecule has 0 spiro atoms. The summed E-state index contributed by atoms with van der Waals surface area (Å²) in [6.07, 6.45) is 5.09. The fourth-order valence-electron chi connectivity index (χ4n) is 4.11. The van der Waals surface area contributed by atoms with Gasteiger partial charge in [0.1, 0.15) is 18.1 Å². The van der Waals surface area contributed by atoms with E-state index in [2.05, 4.69) is 30.9 Å². The van der Waals surface area contributed by atoms with Crippen molar-refractivity contribution < 1.29 is 24.3 Å². The van der Waals surface area contributed by atoms with Crippen molar-refractivity contribution in [2.75, 3.05) is 13.1 Å². The lowest BCUT2D eigenvalue weighted by atomic mass is 10.0. The molecule has 13 N–H and O–H groups in total. The first-order chi connectivity index (χ1) is 20.1. The van der Waals surface area contributed by atoms with E-state index in [1.807, 2.05) is 6.07 Å². The van der Waals surface area contributed by atoms with Gasteiger partial charge in [-0.05, 0) is 37.8 Å². The number of rotatable bonds is 19. The number of aromatic nitrogens is 2. The Labute approximate surface area is 244 Å². The van der Waals surface area contributed by atoms with Gasteiger partial charge < -0.3 is 49.0 Å². The van der Waals surface area contributed by atoms with Crippen molar-refractivity contribution in [3.05, 3.63) is 54.1 Å². The minimum atomic E-state index is -1.29. The third-order valence-electron chi connectivity index (χ3n) is 6.39. The van der Waals surface area contributed by atoms with Gasteiger partial charge in [0, 0.05) is 31.3 Å². The Morgan fingerprint density at radius 3 is 2.17 bits per heavy atom. The van der Waals surface area contributed by atoms with Crippen LogP contribution < -0.4 is 38.9 Å². The second-order valence-electron chi connectivity index (χ2n) is 9.83. The monoisotopic (exact) mass is 586 g/mol. The Balaban J connectivity index is 2.22. The van der Waals surface area contributed by atoms with Crippen LogP contribution in [0.3, 0.4) is 0 Å². The van der Waals surface area contributed by atoms with E-state index in [-0.39, 0.29) is 31.8 Å². The molecule has 0 saturated heterocycles. The molecule has 0 aliphatic heterocycles. The fraction of sp³-hybridized carbons (Fsp3) is 0.481. The van der Waals surface area contributed by atoms with Crippen molar-refractivity contribution in [2.45, 2.75) is 69.1 Å². The van der Waals surface area contributed by atoms with Gasteiger partial charge in [-0.3, -0.25) is 19.4 Å². The molecule has 4 unspecified atom stereocenters. The highest BCUT2D eigenvalue weighted by Crippen LogP contribution is 2.08. The van der Waals surface area contributed by atoms with Crippen molar-refractivity contribution in [3.8, 4) is 0 Å². The lowest BCUT2D eigenvalue weighted by molar-refractivity contribution is -0.142. The number of aromatic amines is 1. The van der Waals surface area contributed by atoms with E-state index in [0.717, 1.165) is 5.56 Å². The number of hydrogen-bond acceptors (Lipinski definition) is 8. The van der Waals surface area contributed by atoms with Gasteiger partial charge in [-0.25, -0.2) is 9.78 Å². The third kappa shape index (κ3) is 12.3. The van der Waals surface area contributed by atoms with Crippen LogP contribution in [-0.2, 0) is 32.0 Å². The zero-order chi connectivity index (χ0) is 30.9. The van der Waals surface area contributed by atoms with Gasteiger partial charge in [-0.15, -0.1) is 0 Å². The number of carbonyl (C=O) groups is 4. The molecule has 2 rings (SSSR count). The van der Waals surface area contributed by atoms with Gasteiger partial charge in [0.05, 0.1) is 12.4 Å². The van der Waals surface area contributed by atoms with Gasteiger partial charge in [-0.2, -0.15) is 0 Å². The van der Waals surface area contributed by atoms with Crippen molar-refractivity contribution in [1.82, 2.24) is 25.9 Å². The molecule has 0 saturated carbocycles. The van der Waals surface area contributed by atoms with Crippen molar-refractivity contribution in [1.29, 1.82) is 0 Å². The Morgan fingerprint density at radius 1 is 0.881 bits per heavy atom. The number of H-pyrrole nitrogens is 1. The van der Waals surface area contributed by atoms with Crippen molar-refractivity contribution in [2.24, 2.45) is 27.9 Å². The predicted octanol–water partition coefficient (Wildman–Crippen LogP) is -1.76. The van der Waals surface area contributed by atoms with E-state index in [1.165, 1.54) is 12.5 Å². The lowest BCUT2D eigenvalue weighted by Gasteiger charge is -2.25. The minimum Gasteiger partial charge on any atom is -0.480 e. The van der Waals surface area contributed by atoms with Gasteiger partial charge in [0.15, 0.2) is 5.96 Å². The van der Waals surface area contributed by atoms with Crippen LogP contribution in [-0.4, -0.2) is 82.0 Å². The first-order valence-electron chi connectivity index (χ1n) is 13.8.